The minimum atomic E-state index is -1.73. The second kappa shape index (κ2) is 5.62. The van der Waals surface area contributed by atoms with Crippen molar-refractivity contribution in [1.29, 1.82) is 0 Å². The van der Waals surface area contributed by atoms with Crippen molar-refractivity contribution in [1.82, 2.24) is 0 Å². The highest BCUT2D eigenvalue weighted by Gasteiger charge is 2.22. The number of carbonyl (C=O) groups is 1. The molecule has 1 aromatic heterocycles. The zero-order valence-electron chi connectivity index (χ0n) is 10.4. The van der Waals surface area contributed by atoms with Crippen LogP contribution in [0.4, 0.5) is 0 Å². The summed E-state index contributed by atoms with van der Waals surface area (Å²) in [5, 5.41) is 19.3. The third-order valence-electron chi connectivity index (χ3n) is 2.62. The molecule has 0 bridgehead atoms. The van der Waals surface area contributed by atoms with Crippen LogP contribution in [-0.4, -0.2) is 28.9 Å². The van der Waals surface area contributed by atoms with E-state index in [-0.39, 0.29) is 28.5 Å². The third-order valence-corrected chi connectivity index (χ3v) is 2.92. The number of fused-ring (bicyclic) bond motifs is 1. The maximum Gasteiger partial charge on any atom is 0.347 e. The van der Waals surface area contributed by atoms with E-state index in [9.17, 15) is 19.8 Å². The summed E-state index contributed by atoms with van der Waals surface area (Å²) in [4.78, 5) is 23.5. The summed E-state index contributed by atoms with van der Waals surface area (Å²) >= 11 is 5.74. The van der Waals surface area contributed by atoms with Crippen molar-refractivity contribution in [3.8, 4) is 5.75 Å². The van der Waals surface area contributed by atoms with E-state index in [1.165, 1.54) is 18.2 Å². The fraction of sp³-hybridized carbons (Fsp3) is 0.231. The average molecular weight is 299 g/mol. The van der Waals surface area contributed by atoms with E-state index in [4.69, 9.17) is 20.8 Å². The monoisotopic (exact) mass is 298 g/mol. The first-order valence-corrected chi connectivity index (χ1v) is 6.12. The van der Waals surface area contributed by atoms with Gasteiger partial charge in [-0.05, 0) is 19.1 Å². The van der Waals surface area contributed by atoms with Gasteiger partial charge in [-0.2, -0.15) is 0 Å². The number of phenols is 1. The number of aliphatic hydroxyl groups is 1. The van der Waals surface area contributed by atoms with Gasteiger partial charge >= 0.3 is 5.63 Å². The number of benzene rings is 1. The number of ether oxygens (including phenoxy) is 1. The highest BCUT2D eigenvalue weighted by molar-refractivity contribution is 6.32. The fourth-order valence-corrected chi connectivity index (χ4v) is 1.84. The van der Waals surface area contributed by atoms with Crippen molar-refractivity contribution >= 4 is 28.4 Å². The molecule has 106 valence electrons. The van der Waals surface area contributed by atoms with E-state index in [0.29, 0.717) is 5.39 Å². The average Bonchev–Trinajstić information content (AvgIpc) is 2.39. The Hall–Kier alpha value is -1.89. The first kappa shape index (κ1) is 14.5. The summed E-state index contributed by atoms with van der Waals surface area (Å²) < 4.78 is 9.64. The summed E-state index contributed by atoms with van der Waals surface area (Å²) in [6.07, 6.45) is -1.73. The van der Waals surface area contributed by atoms with Gasteiger partial charge in [0.05, 0.1) is 5.02 Å². The summed E-state index contributed by atoms with van der Waals surface area (Å²) in [5.41, 5.74) is -1.19. The number of phenolic OH excluding ortho intramolecular Hbond substituents is 1. The van der Waals surface area contributed by atoms with E-state index in [0.717, 1.165) is 0 Å². The standard InChI is InChI=1S/C13H11ClO6/c1-2-19-13(18)11(16)7-3-6-4-8(14)9(15)5-10(6)20-12(7)17/h3-5,13,15,18H,2H2,1H3. The van der Waals surface area contributed by atoms with Gasteiger partial charge in [0.2, 0.25) is 12.1 Å². The molecule has 0 spiro atoms. The Balaban J connectivity index is 2.55. The van der Waals surface area contributed by atoms with Gasteiger partial charge in [-0.3, -0.25) is 4.79 Å². The van der Waals surface area contributed by atoms with Crippen LogP contribution in [0, 0.1) is 0 Å². The zero-order chi connectivity index (χ0) is 14.9. The third kappa shape index (κ3) is 2.67. The van der Waals surface area contributed by atoms with Crippen molar-refractivity contribution < 1.29 is 24.2 Å². The molecule has 7 heteroatoms. The van der Waals surface area contributed by atoms with Gasteiger partial charge in [0.1, 0.15) is 16.9 Å². The maximum absolute atomic E-state index is 11.8. The molecule has 6 nitrogen and oxygen atoms in total. The van der Waals surface area contributed by atoms with E-state index >= 15 is 0 Å². The lowest BCUT2D eigenvalue weighted by Crippen LogP contribution is -2.28. The lowest BCUT2D eigenvalue weighted by Gasteiger charge is -2.09. The van der Waals surface area contributed by atoms with Crippen molar-refractivity contribution in [2.75, 3.05) is 6.61 Å². The van der Waals surface area contributed by atoms with Crippen LogP contribution in [0.25, 0.3) is 11.0 Å². The molecular weight excluding hydrogens is 288 g/mol. The van der Waals surface area contributed by atoms with Crippen LogP contribution in [0.1, 0.15) is 17.3 Å². The molecule has 1 heterocycles. The molecule has 1 unspecified atom stereocenters. The van der Waals surface area contributed by atoms with Crippen LogP contribution in [0.15, 0.2) is 27.4 Å². The first-order chi connectivity index (χ1) is 9.43. The smallest absolute Gasteiger partial charge is 0.347 e. The molecule has 1 aromatic carbocycles. The van der Waals surface area contributed by atoms with Gasteiger partial charge in [0.25, 0.3) is 0 Å². The van der Waals surface area contributed by atoms with E-state index in [1.807, 2.05) is 0 Å². The molecule has 0 aliphatic rings. The molecule has 0 aliphatic carbocycles. The molecular formula is C13H11ClO6. The summed E-state index contributed by atoms with van der Waals surface area (Å²) in [6, 6.07) is 3.75. The molecule has 0 saturated heterocycles. The molecule has 0 amide bonds. The lowest BCUT2D eigenvalue weighted by atomic mass is 10.1. The van der Waals surface area contributed by atoms with E-state index in [2.05, 4.69) is 0 Å². The van der Waals surface area contributed by atoms with Crippen LogP contribution < -0.4 is 5.63 Å². The predicted octanol–water partition coefficient (Wildman–Crippen LogP) is 1.69. The zero-order valence-corrected chi connectivity index (χ0v) is 11.2. The van der Waals surface area contributed by atoms with Gasteiger partial charge in [-0.15, -0.1) is 0 Å². The van der Waals surface area contributed by atoms with Crippen LogP contribution >= 0.6 is 11.6 Å². The minimum Gasteiger partial charge on any atom is -0.506 e. The summed E-state index contributed by atoms with van der Waals surface area (Å²) in [6.45, 7) is 1.72. The van der Waals surface area contributed by atoms with Gasteiger partial charge in [0, 0.05) is 18.1 Å². The number of hydrogen-bond donors (Lipinski definition) is 2. The van der Waals surface area contributed by atoms with Crippen molar-refractivity contribution in [3.05, 3.63) is 39.2 Å². The number of rotatable bonds is 4. The predicted molar refractivity (Wildman–Crippen MR) is 71.1 cm³/mol. The molecule has 1 atom stereocenters. The van der Waals surface area contributed by atoms with E-state index in [1.54, 1.807) is 6.92 Å². The topological polar surface area (TPSA) is 97.0 Å². The Bertz CT molecular complexity index is 721. The molecule has 0 radical (unpaired) electrons. The van der Waals surface area contributed by atoms with Gasteiger partial charge < -0.3 is 19.4 Å². The number of ketones is 1. The molecule has 2 rings (SSSR count). The number of aromatic hydroxyl groups is 1. The number of hydrogen-bond acceptors (Lipinski definition) is 6. The van der Waals surface area contributed by atoms with Crippen molar-refractivity contribution in [2.45, 2.75) is 13.2 Å². The van der Waals surface area contributed by atoms with Crippen molar-refractivity contribution in [2.24, 2.45) is 0 Å². The second-order valence-corrected chi connectivity index (χ2v) is 4.37. The molecule has 0 saturated carbocycles. The van der Waals surface area contributed by atoms with Gasteiger partial charge in [-0.25, -0.2) is 4.79 Å². The maximum atomic E-state index is 11.8. The summed E-state index contributed by atoms with van der Waals surface area (Å²) in [5.74, 6) is -1.14. The van der Waals surface area contributed by atoms with Crippen molar-refractivity contribution in [3.63, 3.8) is 0 Å². The number of halogens is 1. The Kier molecular flexibility index (Phi) is 4.08. The first-order valence-electron chi connectivity index (χ1n) is 5.74. The highest BCUT2D eigenvalue weighted by atomic mass is 35.5. The molecule has 2 N–H and O–H groups in total. The minimum absolute atomic E-state index is 0.0510. The molecule has 0 aliphatic heterocycles. The van der Waals surface area contributed by atoms with Gasteiger partial charge in [-0.1, -0.05) is 11.6 Å². The molecule has 0 fully saturated rings. The van der Waals surface area contributed by atoms with Crippen LogP contribution in [0.5, 0.6) is 5.75 Å². The highest BCUT2D eigenvalue weighted by Crippen LogP contribution is 2.28. The number of carbonyl (C=O) groups excluding carboxylic acids is 1. The molecule has 2 aromatic rings. The van der Waals surface area contributed by atoms with E-state index < -0.39 is 17.7 Å². The fourth-order valence-electron chi connectivity index (χ4n) is 1.67. The van der Waals surface area contributed by atoms with Crippen LogP contribution in [0.2, 0.25) is 5.02 Å². The lowest BCUT2D eigenvalue weighted by molar-refractivity contribution is -0.0676. The largest absolute Gasteiger partial charge is 0.506 e. The number of aliphatic hydroxyl groups excluding tert-OH is 1. The molecule has 20 heavy (non-hydrogen) atoms. The normalized spacial score (nSPS) is 12.6. The SMILES string of the molecule is CCOC(O)C(=O)c1cc2cc(Cl)c(O)cc2oc1=O. The Morgan fingerprint density at radius 2 is 2.15 bits per heavy atom. The van der Waals surface area contributed by atoms with Gasteiger partial charge in [0.15, 0.2) is 0 Å². The quantitative estimate of drug-likeness (QED) is 0.506. The Morgan fingerprint density at radius 3 is 2.80 bits per heavy atom. The number of Topliss-reactive ketones (excluding diaryl/α,β-unsaturated/α-hetero) is 1. The Labute approximate surface area is 118 Å². The van der Waals surface area contributed by atoms with Crippen LogP contribution in [0.3, 0.4) is 0 Å². The summed E-state index contributed by atoms with van der Waals surface area (Å²) in [7, 11) is 0. The Morgan fingerprint density at radius 1 is 1.45 bits per heavy atom. The second-order valence-electron chi connectivity index (χ2n) is 3.96. The van der Waals surface area contributed by atoms with Crippen LogP contribution in [-0.2, 0) is 4.74 Å².